The lowest BCUT2D eigenvalue weighted by atomic mass is 10.2. The molecule has 6 heteroatoms. The highest BCUT2D eigenvalue weighted by atomic mass is 16.5. The van der Waals surface area contributed by atoms with Gasteiger partial charge in [0.2, 0.25) is 0 Å². The smallest absolute Gasteiger partial charge is 0.347 e. The van der Waals surface area contributed by atoms with Crippen LogP contribution in [0.15, 0.2) is 42.5 Å². The molecule has 0 aliphatic carbocycles. The van der Waals surface area contributed by atoms with Gasteiger partial charge in [0.25, 0.3) is 0 Å². The van der Waals surface area contributed by atoms with E-state index >= 15 is 0 Å². The third-order valence-corrected chi connectivity index (χ3v) is 3.94. The zero-order chi connectivity index (χ0) is 18.9. The summed E-state index contributed by atoms with van der Waals surface area (Å²) in [7, 11) is 5.00. The lowest BCUT2D eigenvalue weighted by molar-refractivity contribution is 0.0731. The van der Waals surface area contributed by atoms with E-state index in [0.29, 0.717) is 29.4 Å². The van der Waals surface area contributed by atoms with Crippen molar-refractivity contribution in [2.24, 2.45) is 0 Å². The highest BCUT2D eigenvalue weighted by Gasteiger charge is 2.16. The largest absolute Gasteiger partial charge is 0.496 e. The zero-order valence-corrected chi connectivity index (χ0v) is 15.6. The Kier molecular flexibility index (Phi) is 7.29. The second-order valence-corrected chi connectivity index (χ2v) is 5.71. The van der Waals surface area contributed by atoms with E-state index < -0.39 is 5.97 Å². The first-order valence-corrected chi connectivity index (χ1v) is 8.41. The number of hydrogen-bond acceptors (Lipinski definition) is 6. The van der Waals surface area contributed by atoms with E-state index in [-0.39, 0.29) is 6.10 Å². The number of methoxy groups -OCH3 is 2. The van der Waals surface area contributed by atoms with Crippen molar-refractivity contribution in [1.29, 1.82) is 0 Å². The Morgan fingerprint density at radius 2 is 1.77 bits per heavy atom. The van der Waals surface area contributed by atoms with E-state index in [2.05, 4.69) is 5.32 Å². The number of hydrogen-bond donors (Lipinski definition) is 1. The van der Waals surface area contributed by atoms with Crippen molar-refractivity contribution in [3.05, 3.63) is 48.0 Å². The van der Waals surface area contributed by atoms with Crippen LogP contribution in [0.3, 0.4) is 0 Å². The van der Waals surface area contributed by atoms with Crippen LogP contribution in [-0.2, 0) is 4.74 Å². The van der Waals surface area contributed by atoms with Crippen molar-refractivity contribution in [2.75, 3.05) is 33.2 Å². The molecule has 0 heterocycles. The maximum Gasteiger partial charge on any atom is 0.347 e. The van der Waals surface area contributed by atoms with Gasteiger partial charge in [-0.05, 0) is 43.3 Å². The molecule has 0 fully saturated rings. The van der Waals surface area contributed by atoms with Crippen LogP contribution in [-0.4, -0.2) is 39.9 Å². The molecule has 0 aliphatic heterocycles. The Bertz CT molecular complexity index is 715. The molecule has 0 aliphatic rings. The van der Waals surface area contributed by atoms with Crippen LogP contribution in [0.1, 0.15) is 23.7 Å². The molecular formula is C20H25NO5. The summed E-state index contributed by atoms with van der Waals surface area (Å²) >= 11 is 0. The Balaban J connectivity index is 2.04. The third kappa shape index (κ3) is 5.39. The highest BCUT2D eigenvalue weighted by Crippen LogP contribution is 2.26. The van der Waals surface area contributed by atoms with Crippen molar-refractivity contribution in [3.63, 3.8) is 0 Å². The van der Waals surface area contributed by atoms with Gasteiger partial charge in [-0.15, -0.1) is 0 Å². The molecule has 0 aromatic heterocycles. The van der Waals surface area contributed by atoms with Gasteiger partial charge in [0, 0.05) is 32.3 Å². The molecule has 0 saturated heterocycles. The van der Waals surface area contributed by atoms with Crippen LogP contribution in [0.2, 0.25) is 0 Å². The molecule has 0 bridgehead atoms. The van der Waals surface area contributed by atoms with Crippen LogP contribution in [0.5, 0.6) is 17.2 Å². The second kappa shape index (κ2) is 9.68. The van der Waals surface area contributed by atoms with Crippen LogP contribution in [0.25, 0.3) is 0 Å². The van der Waals surface area contributed by atoms with Gasteiger partial charge in [-0.25, -0.2) is 4.79 Å². The lowest BCUT2D eigenvalue weighted by Gasteiger charge is -2.13. The summed E-state index contributed by atoms with van der Waals surface area (Å²) in [5.74, 6) is 1.00. The number of rotatable bonds is 9. The van der Waals surface area contributed by atoms with Crippen LogP contribution < -0.4 is 19.5 Å². The predicted molar refractivity (Wildman–Crippen MR) is 101 cm³/mol. The van der Waals surface area contributed by atoms with E-state index in [1.54, 1.807) is 37.4 Å². The molecule has 0 saturated carbocycles. The molecule has 0 spiro atoms. The molecule has 26 heavy (non-hydrogen) atoms. The van der Waals surface area contributed by atoms with Gasteiger partial charge >= 0.3 is 5.97 Å². The normalized spacial score (nSPS) is 11.5. The second-order valence-electron chi connectivity index (χ2n) is 5.71. The molecule has 1 unspecified atom stereocenters. The van der Waals surface area contributed by atoms with Crippen molar-refractivity contribution >= 4 is 11.7 Å². The first kappa shape index (κ1) is 19.6. The summed E-state index contributed by atoms with van der Waals surface area (Å²) < 4.78 is 21.6. The van der Waals surface area contributed by atoms with Gasteiger partial charge in [0.1, 0.15) is 22.8 Å². The molecule has 2 aromatic rings. The number of carbonyl (C=O) groups excluding carboxylic acids is 1. The number of anilines is 1. The molecule has 0 amide bonds. The molecule has 140 valence electrons. The summed E-state index contributed by atoms with van der Waals surface area (Å²) in [5.41, 5.74) is 1.27. The Morgan fingerprint density at radius 1 is 1.08 bits per heavy atom. The molecule has 1 atom stereocenters. The Hall–Kier alpha value is -2.73. The minimum Gasteiger partial charge on any atom is -0.496 e. The van der Waals surface area contributed by atoms with Crippen LogP contribution in [0, 0.1) is 0 Å². The third-order valence-electron chi connectivity index (χ3n) is 3.94. The first-order valence-electron chi connectivity index (χ1n) is 8.41. The quantitative estimate of drug-likeness (QED) is 0.543. The average molecular weight is 359 g/mol. The number of nitrogens with one attached hydrogen (secondary N) is 1. The number of carbonyl (C=O) groups is 1. The van der Waals surface area contributed by atoms with Crippen molar-refractivity contribution in [2.45, 2.75) is 19.4 Å². The minimum absolute atomic E-state index is 0.125. The van der Waals surface area contributed by atoms with E-state index in [4.69, 9.17) is 18.9 Å². The van der Waals surface area contributed by atoms with Crippen LogP contribution >= 0.6 is 0 Å². The van der Waals surface area contributed by atoms with E-state index in [1.165, 1.54) is 7.11 Å². The molecule has 0 radical (unpaired) electrons. The fourth-order valence-corrected chi connectivity index (χ4v) is 2.24. The maximum absolute atomic E-state index is 12.4. The Morgan fingerprint density at radius 3 is 2.38 bits per heavy atom. The van der Waals surface area contributed by atoms with Gasteiger partial charge < -0.3 is 24.3 Å². The van der Waals surface area contributed by atoms with E-state index in [9.17, 15) is 4.79 Å². The van der Waals surface area contributed by atoms with Crippen molar-refractivity contribution < 1.29 is 23.7 Å². The van der Waals surface area contributed by atoms with Crippen LogP contribution in [0.4, 0.5) is 5.69 Å². The van der Waals surface area contributed by atoms with Gasteiger partial charge in [-0.2, -0.15) is 0 Å². The summed E-state index contributed by atoms with van der Waals surface area (Å²) in [6.07, 6.45) is 0.894. The number of benzene rings is 2. The molecular weight excluding hydrogens is 334 g/mol. The lowest BCUT2D eigenvalue weighted by Crippen LogP contribution is -2.12. The Labute approximate surface area is 154 Å². The summed E-state index contributed by atoms with van der Waals surface area (Å²) in [6.45, 7) is 2.49. The van der Waals surface area contributed by atoms with Gasteiger partial charge in [-0.3, -0.25) is 0 Å². The fraction of sp³-hybridized carbons (Fsp3) is 0.350. The SMILES string of the molecule is CNc1ccc(OC(=O)c2ccc(OCCC(C)OC)cc2OC)cc1. The topological polar surface area (TPSA) is 66.0 Å². The van der Waals surface area contributed by atoms with E-state index in [1.807, 2.05) is 26.1 Å². The summed E-state index contributed by atoms with van der Waals surface area (Å²) in [5, 5.41) is 3.01. The van der Waals surface area contributed by atoms with Gasteiger partial charge in [0.05, 0.1) is 19.8 Å². The predicted octanol–water partition coefficient (Wildman–Crippen LogP) is 3.76. The van der Waals surface area contributed by atoms with Crippen molar-refractivity contribution in [1.82, 2.24) is 0 Å². The fourth-order valence-electron chi connectivity index (χ4n) is 2.24. The van der Waals surface area contributed by atoms with E-state index in [0.717, 1.165) is 12.1 Å². The average Bonchev–Trinajstić information content (AvgIpc) is 2.68. The maximum atomic E-state index is 12.4. The highest BCUT2D eigenvalue weighted by molar-refractivity contribution is 5.94. The van der Waals surface area contributed by atoms with Gasteiger partial charge in [0.15, 0.2) is 0 Å². The van der Waals surface area contributed by atoms with Crippen molar-refractivity contribution in [3.8, 4) is 17.2 Å². The summed E-state index contributed by atoms with van der Waals surface area (Å²) in [6, 6.07) is 12.2. The molecule has 2 aromatic carbocycles. The standard InChI is InChI=1S/C20H25NO5/c1-14(23-3)11-12-25-17-9-10-18(19(13-17)24-4)20(22)26-16-7-5-15(21-2)6-8-16/h5-10,13-14,21H,11-12H2,1-4H3. The molecule has 1 N–H and O–H groups in total. The minimum atomic E-state index is -0.487. The van der Waals surface area contributed by atoms with Gasteiger partial charge in [-0.1, -0.05) is 0 Å². The first-order chi connectivity index (χ1) is 12.6. The number of ether oxygens (including phenoxy) is 4. The number of esters is 1. The molecule has 6 nitrogen and oxygen atoms in total. The monoisotopic (exact) mass is 359 g/mol. The summed E-state index contributed by atoms with van der Waals surface area (Å²) in [4.78, 5) is 12.4. The molecule has 2 rings (SSSR count). The zero-order valence-electron chi connectivity index (χ0n) is 15.6.